The normalized spacial score (nSPS) is 13.4. The molecule has 1 aliphatic rings. The van der Waals surface area contributed by atoms with Crippen LogP contribution in [-0.4, -0.2) is 17.6 Å². The van der Waals surface area contributed by atoms with E-state index in [4.69, 9.17) is 10.5 Å². The Kier molecular flexibility index (Phi) is 4.19. The third-order valence-electron chi connectivity index (χ3n) is 4.39. The summed E-state index contributed by atoms with van der Waals surface area (Å²) in [6.07, 6.45) is 5.18. The van der Waals surface area contributed by atoms with Gasteiger partial charge in [0.25, 0.3) is 5.91 Å². The number of benzene rings is 1. The molecule has 2 N–H and O–H groups in total. The second-order valence-corrected chi connectivity index (χ2v) is 5.81. The van der Waals surface area contributed by atoms with E-state index in [0.717, 1.165) is 41.8 Å². The molecule has 2 aromatic rings. The molecule has 0 spiro atoms. The van der Waals surface area contributed by atoms with Crippen molar-refractivity contribution in [3.63, 3.8) is 0 Å². The van der Waals surface area contributed by atoms with Crippen LogP contribution >= 0.6 is 0 Å². The van der Waals surface area contributed by atoms with Crippen LogP contribution in [0.25, 0.3) is 0 Å². The van der Waals surface area contributed by atoms with Crippen molar-refractivity contribution < 1.29 is 9.53 Å². The van der Waals surface area contributed by atoms with E-state index < -0.39 is 5.91 Å². The quantitative estimate of drug-likeness (QED) is 0.936. The molecule has 0 aliphatic heterocycles. The number of fused-ring (bicyclic) bond motifs is 1. The van der Waals surface area contributed by atoms with E-state index in [1.807, 2.05) is 28.8 Å². The summed E-state index contributed by atoms with van der Waals surface area (Å²) in [6, 6.07) is 7.75. The Morgan fingerprint density at radius 2 is 2.00 bits per heavy atom. The van der Waals surface area contributed by atoms with E-state index in [1.54, 1.807) is 13.3 Å². The van der Waals surface area contributed by atoms with Crippen molar-refractivity contribution in [2.75, 3.05) is 7.11 Å². The van der Waals surface area contributed by atoms with Crippen LogP contribution < -0.4 is 15.9 Å². The van der Waals surface area contributed by atoms with E-state index >= 15 is 0 Å². The molecule has 0 unspecified atom stereocenters. The summed E-state index contributed by atoms with van der Waals surface area (Å²) in [7, 11) is 1.63. The second kappa shape index (κ2) is 6.28. The lowest BCUT2D eigenvalue weighted by atomic mass is 9.93. The van der Waals surface area contributed by atoms with Crippen LogP contribution in [-0.2, 0) is 19.4 Å². The highest BCUT2D eigenvalue weighted by molar-refractivity contribution is 5.92. The fourth-order valence-corrected chi connectivity index (χ4v) is 3.24. The fourth-order valence-electron chi connectivity index (χ4n) is 3.24. The Bertz CT molecular complexity index is 808. The highest BCUT2D eigenvalue weighted by Crippen LogP contribution is 2.23. The van der Waals surface area contributed by atoms with Crippen molar-refractivity contribution in [3.8, 4) is 5.75 Å². The molecule has 23 heavy (non-hydrogen) atoms. The zero-order valence-corrected chi connectivity index (χ0v) is 13.2. The lowest BCUT2D eigenvalue weighted by Gasteiger charge is -2.22. The van der Waals surface area contributed by atoms with Gasteiger partial charge in [-0.15, -0.1) is 0 Å². The van der Waals surface area contributed by atoms with Gasteiger partial charge in [-0.05, 0) is 31.7 Å². The van der Waals surface area contributed by atoms with Crippen LogP contribution in [0.1, 0.15) is 40.0 Å². The van der Waals surface area contributed by atoms with E-state index in [-0.39, 0.29) is 11.0 Å². The predicted octanol–water partition coefficient (Wildman–Crippen LogP) is 1.88. The minimum Gasteiger partial charge on any atom is -0.496 e. The van der Waals surface area contributed by atoms with Gasteiger partial charge in [-0.3, -0.25) is 9.59 Å². The molecule has 3 rings (SSSR count). The van der Waals surface area contributed by atoms with Gasteiger partial charge in [0.05, 0.1) is 13.7 Å². The Hall–Kier alpha value is -2.56. The monoisotopic (exact) mass is 312 g/mol. The largest absolute Gasteiger partial charge is 0.496 e. The van der Waals surface area contributed by atoms with E-state index in [0.29, 0.717) is 13.0 Å². The van der Waals surface area contributed by atoms with Crippen LogP contribution in [0.2, 0.25) is 0 Å². The minimum absolute atomic E-state index is 0.0700. The molecule has 1 aliphatic carbocycles. The number of primary amides is 1. The lowest BCUT2D eigenvalue weighted by molar-refractivity contribution is 0.0998. The molecule has 5 heteroatoms. The molecule has 1 heterocycles. The molecule has 0 radical (unpaired) electrons. The Labute approximate surface area is 134 Å². The molecule has 1 aromatic heterocycles. The van der Waals surface area contributed by atoms with E-state index in [1.165, 1.54) is 0 Å². The van der Waals surface area contributed by atoms with Crippen molar-refractivity contribution in [1.82, 2.24) is 4.57 Å². The topological polar surface area (TPSA) is 74.3 Å². The fraction of sp³-hybridized carbons (Fsp3) is 0.333. The van der Waals surface area contributed by atoms with Gasteiger partial charge in [-0.1, -0.05) is 18.2 Å². The molecular formula is C18H20N2O3. The molecule has 0 atom stereocenters. The van der Waals surface area contributed by atoms with Crippen molar-refractivity contribution >= 4 is 5.91 Å². The van der Waals surface area contributed by atoms with Gasteiger partial charge in [0, 0.05) is 23.0 Å². The second-order valence-electron chi connectivity index (χ2n) is 5.81. The van der Waals surface area contributed by atoms with Gasteiger partial charge >= 0.3 is 0 Å². The zero-order chi connectivity index (χ0) is 16.4. The summed E-state index contributed by atoms with van der Waals surface area (Å²) >= 11 is 0. The number of aromatic nitrogens is 1. The molecule has 0 saturated heterocycles. The van der Waals surface area contributed by atoms with Gasteiger partial charge in [-0.2, -0.15) is 0 Å². The summed E-state index contributed by atoms with van der Waals surface area (Å²) in [5.74, 6) is 0.119. The standard InChI is InChI=1S/C18H20N2O3/c1-23-16-9-5-2-6-12(16)10-20-11-14(18(19)22)17(21)13-7-3-4-8-15(13)20/h2,5-6,9,11H,3-4,7-8,10H2,1H3,(H2,19,22). The van der Waals surface area contributed by atoms with Crippen molar-refractivity contribution in [2.45, 2.75) is 32.2 Å². The maximum atomic E-state index is 12.4. The first kappa shape index (κ1) is 15.3. The molecule has 0 saturated carbocycles. The predicted molar refractivity (Wildman–Crippen MR) is 88.0 cm³/mol. The van der Waals surface area contributed by atoms with E-state index in [9.17, 15) is 9.59 Å². The van der Waals surface area contributed by atoms with Gasteiger partial charge in [0.15, 0.2) is 5.43 Å². The summed E-state index contributed by atoms with van der Waals surface area (Å²) in [5, 5.41) is 0. The Morgan fingerprint density at radius 1 is 1.26 bits per heavy atom. The number of para-hydroxylation sites is 1. The molecule has 1 amide bonds. The molecule has 5 nitrogen and oxygen atoms in total. The van der Waals surface area contributed by atoms with Gasteiger partial charge in [0.1, 0.15) is 11.3 Å². The molecule has 1 aromatic carbocycles. The number of hydrogen-bond acceptors (Lipinski definition) is 3. The smallest absolute Gasteiger partial charge is 0.254 e. The average Bonchev–Trinajstić information content (AvgIpc) is 2.57. The van der Waals surface area contributed by atoms with Gasteiger partial charge < -0.3 is 15.0 Å². The first-order valence-electron chi connectivity index (χ1n) is 7.78. The minimum atomic E-state index is -0.669. The number of carbonyl (C=O) groups is 1. The van der Waals surface area contributed by atoms with Crippen LogP contribution in [0, 0.1) is 0 Å². The first-order chi connectivity index (χ1) is 11.1. The first-order valence-corrected chi connectivity index (χ1v) is 7.78. The highest BCUT2D eigenvalue weighted by atomic mass is 16.5. The summed E-state index contributed by atoms with van der Waals surface area (Å²) in [4.78, 5) is 24.1. The summed E-state index contributed by atoms with van der Waals surface area (Å²) in [5.41, 5.74) is 8.01. The third-order valence-corrected chi connectivity index (χ3v) is 4.39. The van der Waals surface area contributed by atoms with Crippen LogP contribution in [0.3, 0.4) is 0 Å². The summed E-state index contributed by atoms with van der Waals surface area (Å²) in [6.45, 7) is 0.549. The van der Waals surface area contributed by atoms with Crippen LogP contribution in [0.5, 0.6) is 5.75 Å². The van der Waals surface area contributed by atoms with Crippen LogP contribution in [0.15, 0.2) is 35.3 Å². The number of nitrogens with two attached hydrogens (primary N) is 1. The SMILES string of the molecule is COc1ccccc1Cn1cc(C(N)=O)c(=O)c2c1CCCC2. The number of carbonyl (C=O) groups excluding carboxylic acids is 1. The van der Waals surface area contributed by atoms with Gasteiger partial charge in [-0.25, -0.2) is 0 Å². The molecular weight excluding hydrogens is 292 g/mol. The van der Waals surface area contributed by atoms with Crippen molar-refractivity contribution in [2.24, 2.45) is 5.73 Å². The van der Waals surface area contributed by atoms with E-state index in [2.05, 4.69) is 0 Å². The maximum Gasteiger partial charge on any atom is 0.254 e. The van der Waals surface area contributed by atoms with Crippen molar-refractivity contribution in [1.29, 1.82) is 0 Å². The molecule has 120 valence electrons. The maximum absolute atomic E-state index is 12.4. The summed E-state index contributed by atoms with van der Waals surface area (Å²) < 4.78 is 7.38. The number of ether oxygens (including phenoxy) is 1. The Balaban J connectivity index is 2.13. The number of nitrogens with zero attached hydrogens (tertiary/aromatic N) is 1. The number of rotatable bonds is 4. The van der Waals surface area contributed by atoms with Crippen molar-refractivity contribution in [3.05, 3.63) is 63.1 Å². The lowest BCUT2D eigenvalue weighted by Crippen LogP contribution is -2.30. The third kappa shape index (κ3) is 2.86. The number of methoxy groups -OCH3 is 1. The number of hydrogen-bond donors (Lipinski definition) is 1. The van der Waals surface area contributed by atoms with Gasteiger partial charge in [0.2, 0.25) is 0 Å². The highest BCUT2D eigenvalue weighted by Gasteiger charge is 2.21. The zero-order valence-electron chi connectivity index (χ0n) is 13.2. The number of pyridine rings is 1. The average molecular weight is 312 g/mol. The Morgan fingerprint density at radius 3 is 2.74 bits per heavy atom. The molecule has 0 fully saturated rings. The number of amides is 1. The molecule has 0 bridgehead atoms. The van der Waals surface area contributed by atoms with Crippen LogP contribution in [0.4, 0.5) is 0 Å².